The summed E-state index contributed by atoms with van der Waals surface area (Å²) in [6, 6.07) is 10.4. The van der Waals surface area contributed by atoms with Crippen LogP contribution < -0.4 is 5.56 Å². The van der Waals surface area contributed by atoms with Gasteiger partial charge in [-0.1, -0.05) is 12.1 Å². The van der Waals surface area contributed by atoms with Crippen LogP contribution in [-0.2, 0) is 20.6 Å². The van der Waals surface area contributed by atoms with Gasteiger partial charge in [-0.05, 0) is 32.0 Å². The summed E-state index contributed by atoms with van der Waals surface area (Å²) in [7, 11) is 5.30. The standard InChI is InChI=1S/C20H23N5O2/c1-13-17(14(2)24(4)21-13)12-23(3)20(27)16-8-6-15(7-9-16)18-10-11-19(26)25(5)22-18/h6-11H,12H2,1-5H3. The van der Waals surface area contributed by atoms with Gasteiger partial charge in [0, 0.05) is 56.1 Å². The molecule has 0 saturated heterocycles. The molecule has 2 heterocycles. The average Bonchev–Trinajstić information content (AvgIpc) is 2.89. The van der Waals surface area contributed by atoms with Crippen molar-refractivity contribution in [3.63, 3.8) is 0 Å². The molecule has 3 rings (SSSR count). The summed E-state index contributed by atoms with van der Waals surface area (Å²) < 4.78 is 3.12. The Labute approximate surface area is 157 Å². The second-order valence-corrected chi connectivity index (χ2v) is 6.69. The minimum Gasteiger partial charge on any atom is -0.337 e. The molecule has 2 aromatic heterocycles. The Morgan fingerprint density at radius 1 is 1.00 bits per heavy atom. The number of amides is 1. The topological polar surface area (TPSA) is 73.0 Å². The van der Waals surface area contributed by atoms with Crippen molar-refractivity contribution < 1.29 is 4.79 Å². The van der Waals surface area contributed by atoms with Crippen molar-refractivity contribution in [2.24, 2.45) is 14.1 Å². The predicted molar refractivity (Wildman–Crippen MR) is 103 cm³/mol. The van der Waals surface area contributed by atoms with Crippen molar-refractivity contribution in [1.82, 2.24) is 24.5 Å². The van der Waals surface area contributed by atoms with Crippen molar-refractivity contribution in [2.45, 2.75) is 20.4 Å². The van der Waals surface area contributed by atoms with E-state index in [1.807, 2.05) is 37.7 Å². The maximum absolute atomic E-state index is 12.8. The molecular weight excluding hydrogens is 342 g/mol. The van der Waals surface area contributed by atoms with Gasteiger partial charge in [-0.15, -0.1) is 0 Å². The highest BCUT2D eigenvalue weighted by Crippen LogP contribution is 2.19. The normalized spacial score (nSPS) is 10.9. The molecule has 27 heavy (non-hydrogen) atoms. The lowest BCUT2D eigenvalue weighted by Gasteiger charge is -2.18. The predicted octanol–water partition coefficient (Wildman–Crippen LogP) is 2.07. The van der Waals surface area contributed by atoms with E-state index in [0.29, 0.717) is 17.8 Å². The van der Waals surface area contributed by atoms with E-state index < -0.39 is 0 Å². The van der Waals surface area contributed by atoms with Gasteiger partial charge in [-0.25, -0.2) is 4.68 Å². The van der Waals surface area contributed by atoms with Gasteiger partial charge in [-0.3, -0.25) is 14.3 Å². The van der Waals surface area contributed by atoms with Crippen LogP contribution in [0, 0.1) is 13.8 Å². The van der Waals surface area contributed by atoms with E-state index in [-0.39, 0.29) is 11.5 Å². The van der Waals surface area contributed by atoms with Gasteiger partial charge in [0.05, 0.1) is 11.4 Å². The van der Waals surface area contributed by atoms with E-state index in [2.05, 4.69) is 10.2 Å². The van der Waals surface area contributed by atoms with Gasteiger partial charge in [0.15, 0.2) is 0 Å². The molecule has 0 atom stereocenters. The van der Waals surface area contributed by atoms with Crippen LogP contribution >= 0.6 is 0 Å². The van der Waals surface area contributed by atoms with Crippen LogP contribution in [0.4, 0.5) is 0 Å². The summed E-state index contributed by atoms with van der Waals surface area (Å²) in [6.45, 7) is 4.46. The lowest BCUT2D eigenvalue weighted by Crippen LogP contribution is -2.26. The first kappa shape index (κ1) is 18.6. The van der Waals surface area contributed by atoms with Crippen molar-refractivity contribution >= 4 is 5.91 Å². The van der Waals surface area contributed by atoms with Gasteiger partial charge in [0.2, 0.25) is 0 Å². The van der Waals surface area contributed by atoms with Gasteiger partial charge in [0.1, 0.15) is 0 Å². The van der Waals surface area contributed by atoms with Crippen LogP contribution in [0.1, 0.15) is 27.3 Å². The van der Waals surface area contributed by atoms with E-state index in [1.165, 1.54) is 10.7 Å². The van der Waals surface area contributed by atoms with Crippen LogP contribution in [0.25, 0.3) is 11.3 Å². The molecule has 0 aliphatic heterocycles. The third kappa shape index (κ3) is 3.67. The Morgan fingerprint density at radius 2 is 1.67 bits per heavy atom. The molecule has 0 aliphatic carbocycles. The summed E-state index contributed by atoms with van der Waals surface area (Å²) in [5.41, 5.74) is 5.04. The molecule has 0 N–H and O–H groups in total. The maximum Gasteiger partial charge on any atom is 0.266 e. The van der Waals surface area contributed by atoms with Gasteiger partial charge in [0.25, 0.3) is 11.5 Å². The molecule has 0 spiro atoms. The van der Waals surface area contributed by atoms with Crippen LogP contribution in [0.3, 0.4) is 0 Å². The lowest BCUT2D eigenvalue weighted by atomic mass is 10.1. The van der Waals surface area contributed by atoms with Crippen LogP contribution in [0.15, 0.2) is 41.2 Å². The first-order valence-electron chi connectivity index (χ1n) is 8.67. The number of benzene rings is 1. The van der Waals surface area contributed by atoms with Crippen molar-refractivity contribution in [3.05, 3.63) is 69.3 Å². The molecule has 0 radical (unpaired) electrons. The summed E-state index contributed by atoms with van der Waals surface area (Å²) in [5, 5.41) is 8.63. The fourth-order valence-electron chi connectivity index (χ4n) is 3.02. The number of carbonyl (C=O) groups is 1. The quantitative estimate of drug-likeness (QED) is 0.709. The second kappa shape index (κ2) is 7.19. The molecule has 1 aromatic carbocycles. The Kier molecular flexibility index (Phi) is 4.94. The van der Waals surface area contributed by atoms with Crippen LogP contribution in [-0.4, -0.2) is 37.4 Å². The maximum atomic E-state index is 12.8. The minimum atomic E-state index is -0.159. The number of aryl methyl sites for hydroxylation is 3. The monoisotopic (exact) mass is 365 g/mol. The highest BCUT2D eigenvalue weighted by molar-refractivity contribution is 5.94. The summed E-state index contributed by atoms with van der Waals surface area (Å²) >= 11 is 0. The Balaban J connectivity index is 1.78. The number of rotatable bonds is 4. The Morgan fingerprint density at radius 3 is 2.22 bits per heavy atom. The number of carbonyl (C=O) groups excluding carboxylic acids is 1. The highest BCUT2D eigenvalue weighted by atomic mass is 16.2. The van der Waals surface area contributed by atoms with Crippen molar-refractivity contribution in [1.29, 1.82) is 0 Å². The minimum absolute atomic E-state index is 0.0578. The average molecular weight is 365 g/mol. The lowest BCUT2D eigenvalue weighted by molar-refractivity contribution is 0.0784. The zero-order chi connectivity index (χ0) is 19.7. The van der Waals surface area contributed by atoms with E-state index in [9.17, 15) is 9.59 Å². The van der Waals surface area contributed by atoms with Crippen LogP contribution in [0.2, 0.25) is 0 Å². The molecule has 7 heteroatoms. The number of hydrogen-bond acceptors (Lipinski definition) is 4. The molecule has 0 fully saturated rings. The summed E-state index contributed by atoms with van der Waals surface area (Å²) in [5.74, 6) is -0.0578. The smallest absolute Gasteiger partial charge is 0.266 e. The third-order valence-electron chi connectivity index (χ3n) is 4.79. The SMILES string of the molecule is Cc1nn(C)c(C)c1CN(C)C(=O)c1ccc(-c2ccc(=O)n(C)n2)cc1. The van der Waals surface area contributed by atoms with Gasteiger partial charge in [-0.2, -0.15) is 10.2 Å². The zero-order valence-corrected chi connectivity index (χ0v) is 16.2. The molecule has 0 saturated carbocycles. The van der Waals surface area contributed by atoms with Crippen molar-refractivity contribution in [3.8, 4) is 11.3 Å². The molecule has 1 amide bonds. The number of aromatic nitrogens is 4. The van der Waals surface area contributed by atoms with Gasteiger partial charge < -0.3 is 4.90 Å². The van der Waals surface area contributed by atoms with E-state index >= 15 is 0 Å². The Bertz CT molecular complexity index is 1050. The summed E-state index contributed by atoms with van der Waals surface area (Å²) in [6.07, 6.45) is 0. The molecule has 3 aromatic rings. The number of nitrogens with zero attached hydrogens (tertiary/aromatic N) is 5. The van der Waals surface area contributed by atoms with Crippen molar-refractivity contribution in [2.75, 3.05) is 7.05 Å². The van der Waals surface area contributed by atoms with Gasteiger partial charge >= 0.3 is 0 Å². The molecule has 140 valence electrons. The first-order valence-corrected chi connectivity index (χ1v) is 8.67. The highest BCUT2D eigenvalue weighted by Gasteiger charge is 2.17. The fourth-order valence-corrected chi connectivity index (χ4v) is 3.02. The molecule has 0 unspecified atom stereocenters. The van der Waals surface area contributed by atoms with E-state index in [0.717, 1.165) is 22.5 Å². The molecule has 7 nitrogen and oxygen atoms in total. The van der Waals surface area contributed by atoms with E-state index in [4.69, 9.17) is 0 Å². The molecule has 0 aliphatic rings. The first-order chi connectivity index (χ1) is 12.8. The third-order valence-corrected chi connectivity index (χ3v) is 4.79. The molecular formula is C20H23N5O2. The largest absolute Gasteiger partial charge is 0.337 e. The zero-order valence-electron chi connectivity index (χ0n) is 16.2. The van der Waals surface area contributed by atoms with Crippen LogP contribution in [0.5, 0.6) is 0 Å². The molecule has 0 bridgehead atoms. The van der Waals surface area contributed by atoms with E-state index in [1.54, 1.807) is 37.2 Å². The second-order valence-electron chi connectivity index (χ2n) is 6.69. The number of hydrogen-bond donors (Lipinski definition) is 0. The fraction of sp³-hybridized carbons (Fsp3) is 0.300. The summed E-state index contributed by atoms with van der Waals surface area (Å²) in [4.78, 5) is 25.9. The Hall–Kier alpha value is -3.22.